The molecule has 0 amide bonds. The van der Waals surface area contributed by atoms with Crippen LogP contribution < -0.4 is 5.73 Å². The molecular formula is C9H21NOS. The first-order valence-electron chi connectivity index (χ1n) is 4.86. The summed E-state index contributed by atoms with van der Waals surface area (Å²) in [5.41, 5.74) is 5.35. The summed E-state index contributed by atoms with van der Waals surface area (Å²) in [5, 5.41) is 0. The molecule has 0 aliphatic carbocycles. The van der Waals surface area contributed by atoms with Crippen LogP contribution >= 0.6 is 0 Å². The van der Waals surface area contributed by atoms with Gasteiger partial charge in [0.05, 0.1) is 0 Å². The van der Waals surface area contributed by atoms with Crippen LogP contribution in [0.4, 0.5) is 0 Å². The van der Waals surface area contributed by atoms with E-state index in [-0.39, 0.29) is 0 Å². The van der Waals surface area contributed by atoms with Gasteiger partial charge in [-0.1, -0.05) is 19.8 Å². The summed E-state index contributed by atoms with van der Waals surface area (Å²) in [4.78, 5) is 0. The lowest BCUT2D eigenvalue weighted by Gasteiger charge is -2.00. The standard InChI is InChI=1S/C9H21NOS/c1-2-3-8-12(11)9-6-4-5-7-10/h2-10H2,1H3. The van der Waals surface area contributed by atoms with E-state index < -0.39 is 10.8 Å². The Bertz CT molecular complexity index is 117. The highest BCUT2D eigenvalue weighted by Gasteiger charge is 1.97. The third-order valence-electron chi connectivity index (χ3n) is 1.80. The van der Waals surface area contributed by atoms with Gasteiger partial charge in [0.2, 0.25) is 0 Å². The highest BCUT2D eigenvalue weighted by Crippen LogP contribution is 1.98. The summed E-state index contributed by atoms with van der Waals surface area (Å²) < 4.78 is 11.2. The third kappa shape index (κ3) is 8.21. The zero-order valence-electron chi connectivity index (χ0n) is 8.05. The minimum Gasteiger partial charge on any atom is -0.330 e. The van der Waals surface area contributed by atoms with Crippen molar-refractivity contribution >= 4 is 10.8 Å². The maximum absolute atomic E-state index is 11.2. The first kappa shape index (κ1) is 12.1. The number of hydrogen-bond acceptors (Lipinski definition) is 2. The van der Waals surface area contributed by atoms with E-state index in [1.807, 2.05) is 0 Å². The van der Waals surface area contributed by atoms with E-state index in [2.05, 4.69) is 6.92 Å². The Hall–Kier alpha value is 0.110. The summed E-state index contributed by atoms with van der Waals surface area (Å²) in [6.45, 7) is 2.90. The van der Waals surface area contributed by atoms with Crippen LogP contribution in [0.5, 0.6) is 0 Å². The first-order valence-corrected chi connectivity index (χ1v) is 6.35. The highest BCUT2D eigenvalue weighted by atomic mass is 32.2. The normalized spacial score (nSPS) is 13.2. The predicted octanol–water partition coefficient (Wildman–Crippen LogP) is 1.66. The largest absolute Gasteiger partial charge is 0.330 e. The van der Waals surface area contributed by atoms with Crippen LogP contribution in [0.3, 0.4) is 0 Å². The Kier molecular flexibility index (Phi) is 9.28. The molecule has 2 nitrogen and oxygen atoms in total. The van der Waals surface area contributed by atoms with Crippen molar-refractivity contribution in [3.8, 4) is 0 Å². The topological polar surface area (TPSA) is 43.1 Å². The summed E-state index contributed by atoms with van der Waals surface area (Å²) in [6, 6.07) is 0. The lowest BCUT2D eigenvalue weighted by molar-refractivity contribution is 0.669. The molecule has 1 unspecified atom stereocenters. The second-order valence-electron chi connectivity index (χ2n) is 3.05. The number of hydrogen-bond donors (Lipinski definition) is 1. The molecule has 0 saturated carbocycles. The van der Waals surface area contributed by atoms with Gasteiger partial charge >= 0.3 is 0 Å². The molecule has 2 N–H and O–H groups in total. The monoisotopic (exact) mass is 191 g/mol. The molecule has 0 aromatic heterocycles. The molecule has 0 aromatic carbocycles. The Labute approximate surface area is 78.4 Å². The lowest BCUT2D eigenvalue weighted by Crippen LogP contribution is -2.04. The first-order chi connectivity index (χ1) is 5.81. The highest BCUT2D eigenvalue weighted by molar-refractivity contribution is 7.84. The fourth-order valence-electron chi connectivity index (χ4n) is 0.992. The molecule has 12 heavy (non-hydrogen) atoms. The maximum Gasteiger partial charge on any atom is 0.0234 e. The Morgan fingerprint density at radius 2 is 1.75 bits per heavy atom. The molecule has 3 heteroatoms. The van der Waals surface area contributed by atoms with Gasteiger partial charge in [-0.15, -0.1) is 0 Å². The molecule has 0 fully saturated rings. The molecule has 74 valence electrons. The molecule has 0 spiro atoms. The average molecular weight is 191 g/mol. The van der Waals surface area contributed by atoms with Crippen molar-refractivity contribution in [3.63, 3.8) is 0 Å². The van der Waals surface area contributed by atoms with E-state index in [0.717, 1.165) is 50.2 Å². The van der Waals surface area contributed by atoms with E-state index in [9.17, 15) is 4.21 Å². The van der Waals surface area contributed by atoms with Gasteiger partial charge < -0.3 is 5.73 Å². The molecule has 0 rings (SSSR count). The number of rotatable bonds is 8. The van der Waals surface area contributed by atoms with Crippen LogP contribution in [0.2, 0.25) is 0 Å². The van der Waals surface area contributed by atoms with E-state index in [0.29, 0.717) is 0 Å². The molecule has 1 atom stereocenters. The Morgan fingerprint density at radius 1 is 1.08 bits per heavy atom. The van der Waals surface area contributed by atoms with Gasteiger partial charge in [0.25, 0.3) is 0 Å². The fraction of sp³-hybridized carbons (Fsp3) is 1.00. The van der Waals surface area contributed by atoms with E-state index >= 15 is 0 Å². The van der Waals surface area contributed by atoms with Gasteiger partial charge in [-0.25, -0.2) is 0 Å². The molecule has 0 radical (unpaired) electrons. The lowest BCUT2D eigenvalue weighted by atomic mass is 10.2. The molecule has 0 saturated heterocycles. The third-order valence-corrected chi connectivity index (χ3v) is 3.29. The Morgan fingerprint density at radius 3 is 2.33 bits per heavy atom. The summed E-state index contributed by atoms with van der Waals surface area (Å²) >= 11 is 0. The van der Waals surface area contributed by atoms with Crippen molar-refractivity contribution < 1.29 is 4.21 Å². The molecule has 0 aliphatic rings. The number of nitrogens with two attached hydrogens (primary N) is 1. The van der Waals surface area contributed by atoms with Crippen molar-refractivity contribution in [1.29, 1.82) is 0 Å². The van der Waals surface area contributed by atoms with E-state index in [1.165, 1.54) is 0 Å². The van der Waals surface area contributed by atoms with Crippen LogP contribution in [0.15, 0.2) is 0 Å². The zero-order valence-corrected chi connectivity index (χ0v) is 8.87. The summed E-state index contributed by atoms with van der Waals surface area (Å²) in [6.07, 6.45) is 5.53. The number of unbranched alkanes of at least 4 members (excludes halogenated alkanes) is 3. The average Bonchev–Trinajstić information content (AvgIpc) is 2.09. The summed E-state index contributed by atoms with van der Waals surface area (Å²) in [5.74, 6) is 1.76. The van der Waals surface area contributed by atoms with Crippen molar-refractivity contribution in [2.45, 2.75) is 39.0 Å². The SMILES string of the molecule is CCCCS(=O)CCCCCN. The van der Waals surface area contributed by atoms with Crippen molar-refractivity contribution in [2.24, 2.45) is 5.73 Å². The van der Waals surface area contributed by atoms with Gasteiger partial charge in [0.1, 0.15) is 0 Å². The molecule has 0 bridgehead atoms. The van der Waals surface area contributed by atoms with E-state index in [4.69, 9.17) is 5.73 Å². The van der Waals surface area contributed by atoms with Crippen molar-refractivity contribution in [1.82, 2.24) is 0 Å². The second-order valence-corrected chi connectivity index (χ2v) is 4.75. The van der Waals surface area contributed by atoms with Crippen LogP contribution in [0, 0.1) is 0 Å². The molecular weight excluding hydrogens is 170 g/mol. The van der Waals surface area contributed by atoms with E-state index in [1.54, 1.807) is 0 Å². The zero-order chi connectivity index (χ0) is 9.23. The fourth-order valence-corrected chi connectivity index (χ4v) is 2.33. The van der Waals surface area contributed by atoms with Crippen molar-refractivity contribution in [2.75, 3.05) is 18.1 Å². The van der Waals surface area contributed by atoms with Crippen LogP contribution in [0.25, 0.3) is 0 Å². The van der Waals surface area contributed by atoms with Gasteiger partial charge in [0, 0.05) is 22.3 Å². The van der Waals surface area contributed by atoms with Gasteiger partial charge in [-0.05, 0) is 25.8 Å². The second kappa shape index (κ2) is 9.20. The molecule has 0 aliphatic heterocycles. The quantitative estimate of drug-likeness (QED) is 0.593. The van der Waals surface area contributed by atoms with Crippen LogP contribution in [0.1, 0.15) is 39.0 Å². The maximum atomic E-state index is 11.2. The van der Waals surface area contributed by atoms with Crippen molar-refractivity contribution in [3.05, 3.63) is 0 Å². The van der Waals surface area contributed by atoms with Crippen LogP contribution in [-0.2, 0) is 10.8 Å². The minimum absolute atomic E-state index is 0.564. The minimum atomic E-state index is -0.564. The van der Waals surface area contributed by atoms with Crippen LogP contribution in [-0.4, -0.2) is 22.3 Å². The molecule has 0 aromatic rings. The van der Waals surface area contributed by atoms with Gasteiger partial charge in [0.15, 0.2) is 0 Å². The van der Waals surface area contributed by atoms with Gasteiger partial charge in [-0.3, -0.25) is 4.21 Å². The summed E-state index contributed by atoms with van der Waals surface area (Å²) in [7, 11) is -0.564. The Balaban J connectivity index is 3.08. The van der Waals surface area contributed by atoms with Gasteiger partial charge in [-0.2, -0.15) is 0 Å². The molecule has 0 heterocycles. The smallest absolute Gasteiger partial charge is 0.0234 e. The predicted molar refractivity (Wildman–Crippen MR) is 55.7 cm³/mol.